The molecule has 1 fully saturated rings. The number of nitrogens with one attached hydrogen (secondary N) is 2. The number of carbonyl (C=O) groups is 1. The van der Waals surface area contributed by atoms with Crippen LogP contribution in [0.5, 0.6) is 0 Å². The maximum absolute atomic E-state index is 12.0. The number of amides is 1. The van der Waals surface area contributed by atoms with Crippen LogP contribution in [-0.4, -0.2) is 60.1 Å². The predicted octanol–water partition coefficient (Wildman–Crippen LogP) is 1.12. The fourth-order valence-electron chi connectivity index (χ4n) is 3.25. The Bertz CT molecular complexity index is 1050. The van der Waals surface area contributed by atoms with Gasteiger partial charge < -0.3 is 20.8 Å². The zero-order chi connectivity index (χ0) is 20.5. The molecule has 0 radical (unpaired) electrons. The van der Waals surface area contributed by atoms with E-state index in [2.05, 4.69) is 54.2 Å². The smallest absolute Gasteiger partial charge is 0.235 e. The van der Waals surface area contributed by atoms with E-state index < -0.39 is 22.8 Å². The number of benzene rings is 1. The van der Waals surface area contributed by atoms with E-state index in [1.165, 1.54) is 25.1 Å². The third-order valence-electron chi connectivity index (χ3n) is 4.73. The molecule has 1 unspecified atom stereocenters. The van der Waals surface area contributed by atoms with E-state index in [0.29, 0.717) is 23.5 Å². The topological polar surface area (TPSA) is 125 Å². The van der Waals surface area contributed by atoms with E-state index in [1.807, 2.05) is 18.2 Å². The van der Waals surface area contributed by atoms with Crippen LogP contribution in [0.1, 0.15) is 10.9 Å². The van der Waals surface area contributed by atoms with Gasteiger partial charge in [-0.15, -0.1) is 11.8 Å². The summed E-state index contributed by atoms with van der Waals surface area (Å²) in [6, 6.07) is 8.13. The van der Waals surface area contributed by atoms with Crippen LogP contribution in [0, 0.1) is 3.57 Å². The van der Waals surface area contributed by atoms with E-state index in [-0.39, 0.29) is 5.91 Å². The van der Waals surface area contributed by atoms with Crippen molar-refractivity contribution in [3.05, 3.63) is 46.1 Å². The lowest BCUT2D eigenvalue weighted by Gasteiger charge is -2.17. The van der Waals surface area contributed by atoms with Crippen LogP contribution in [0.25, 0.3) is 11.2 Å². The van der Waals surface area contributed by atoms with Gasteiger partial charge in [0.25, 0.3) is 0 Å². The molecule has 1 saturated heterocycles. The highest BCUT2D eigenvalue weighted by molar-refractivity contribution is 14.1. The summed E-state index contributed by atoms with van der Waals surface area (Å²) in [6.07, 6.45) is 0.673. The van der Waals surface area contributed by atoms with E-state index in [9.17, 15) is 15.0 Å². The SMILES string of the molecule is CNC(=O)[C@H]1SC(n2cnc3c(NCc4cccc(I)c4)ncnc32)[C@H](O)[C@@H]1O. The number of imidazole rings is 1. The number of hydrogen-bond donors (Lipinski definition) is 4. The van der Waals surface area contributed by atoms with E-state index >= 15 is 0 Å². The van der Waals surface area contributed by atoms with Gasteiger partial charge in [0.1, 0.15) is 34.7 Å². The van der Waals surface area contributed by atoms with Gasteiger partial charge in [0, 0.05) is 17.2 Å². The quantitative estimate of drug-likeness (QED) is 0.365. The standard InChI is InChI=1S/C18H19IN6O3S/c1-20-17(28)14-12(26)13(27)18(29-14)25-8-24-11-15(22-7-23-16(11)25)21-6-9-3-2-4-10(19)5-9/h2-5,7-8,12-14,18,26-27H,6H2,1H3,(H,20,28)(H,21,22,23)/t12-,13+,14-,18?/m0/s1. The average Bonchev–Trinajstić information content (AvgIpc) is 3.28. The Morgan fingerprint density at radius 3 is 2.86 bits per heavy atom. The third-order valence-corrected chi connectivity index (χ3v) is 6.97. The van der Waals surface area contributed by atoms with Gasteiger partial charge >= 0.3 is 0 Å². The number of fused-ring (bicyclic) bond motifs is 1. The number of nitrogens with zero attached hydrogens (tertiary/aromatic N) is 4. The van der Waals surface area contributed by atoms with Gasteiger partial charge in [-0.05, 0) is 40.3 Å². The van der Waals surface area contributed by atoms with Crippen LogP contribution in [0.2, 0.25) is 0 Å². The van der Waals surface area contributed by atoms with Crippen molar-refractivity contribution in [2.45, 2.75) is 29.4 Å². The van der Waals surface area contributed by atoms with Crippen LogP contribution in [0.3, 0.4) is 0 Å². The minimum Gasteiger partial charge on any atom is -0.389 e. The van der Waals surface area contributed by atoms with Crippen molar-refractivity contribution in [1.29, 1.82) is 0 Å². The lowest BCUT2D eigenvalue weighted by Crippen LogP contribution is -2.39. The molecule has 1 aliphatic rings. The highest BCUT2D eigenvalue weighted by atomic mass is 127. The number of aliphatic hydroxyl groups is 2. The second kappa shape index (κ2) is 8.42. The minimum absolute atomic E-state index is 0.331. The molecule has 0 spiro atoms. The molecule has 3 heterocycles. The molecule has 3 aromatic rings. The van der Waals surface area contributed by atoms with Crippen molar-refractivity contribution in [1.82, 2.24) is 24.8 Å². The summed E-state index contributed by atoms with van der Waals surface area (Å²) >= 11 is 3.45. The number of aliphatic hydroxyl groups excluding tert-OH is 2. The highest BCUT2D eigenvalue weighted by Crippen LogP contribution is 2.43. The van der Waals surface area contributed by atoms with Crippen molar-refractivity contribution < 1.29 is 15.0 Å². The summed E-state index contributed by atoms with van der Waals surface area (Å²) < 4.78 is 2.82. The molecule has 4 atom stereocenters. The van der Waals surface area contributed by atoms with E-state index in [0.717, 1.165) is 9.13 Å². The summed E-state index contributed by atoms with van der Waals surface area (Å²) in [4.78, 5) is 25.0. The Morgan fingerprint density at radius 2 is 2.10 bits per heavy atom. The summed E-state index contributed by atoms with van der Waals surface area (Å²) in [6.45, 7) is 0.577. The molecule has 11 heteroatoms. The third kappa shape index (κ3) is 3.91. The van der Waals surface area contributed by atoms with Crippen molar-refractivity contribution in [2.24, 2.45) is 0 Å². The molecule has 9 nitrogen and oxygen atoms in total. The normalized spacial score (nSPS) is 24.0. The number of anilines is 1. The zero-order valence-electron chi connectivity index (χ0n) is 15.4. The average molecular weight is 526 g/mol. The van der Waals surface area contributed by atoms with Crippen molar-refractivity contribution in [2.75, 3.05) is 12.4 Å². The first-order valence-corrected chi connectivity index (χ1v) is 10.9. The molecule has 152 valence electrons. The van der Waals surface area contributed by atoms with Crippen LogP contribution >= 0.6 is 34.4 Å². The second-order valence-corrected chi connectivity index (χ2v) is 9.08. The lowest BCUT2D eigenvalue weighted by molar-refractivity contribution is -0.122. The number of thioether (sulfide) groups is 1. The van der Waals surface area contributed by atoms with E-state index in [4.69, 9.17) is 0 Å². The van der Waals surface area contributed by atoms with Gasteiger partial charge in [-0.2, -0.15) is 0 Å². The first-order valence-electron chi connectivity index (χ1n) is 8.88. The summed E-state index contributed by atoms with van der Waals surface area (Å²) in [5, 5.41) is 25.2. The molecule has 2 aromatic heterocycles. The molecular formula is C18H19IN6O3S. The molecule has 1 aliphatic heterocycles. The second-order valence-electron chi connectivity index (χ2n) is 6.57. The Balaban J connectivity index is 1.60. The van der Waals surface area contributed by atoms with Crippen molar-refractivity contribution in [3.8, 4) is 0 Å². The zero-order valence-corrected chi connectivity index (χ0v) is 18.3. The number of carbonyl (C=O) groups excluding carboxylic acids is 1. The number of halogens is 1. The van der Waals surface area contributed by atoms with Gasteiger partial charge in [0.2, 0.25) is 5.91 Å². The Labute approximate surface area is 184 Å². The van der Waals surface area contributed by atoms with Crippen LogP contribution < -0.4 is 10.6 Å². The molecule has 0 aliphatic carbocycles. The monoisotopic (exact) mass is 526 g/mol. The van der Waals surface area contributed by atoms with Crippen LogP contribution in [-0.2, 0) is 11.3 Å². The maximum Gasteiger partial charge on any atom is 0.235 e. The molecule has 1 amide bonds. The summed E-state index contributed by atoms with van der Waals surface area (Å²) in [7, 11) is 1.50. The highest BCUT2D eigenvalue weighted by Gasteiger charge is 2.47. The lowest BCUT2D eigenvalue weighted by atomic mass is 10.1. The molecular weight excluding hydrogens is 507 g/mol. The fourth-order valence-corrected chi connectivity index (χ4v) is 5.33. The molecule has 29 heavy (non-hydrogen) atoms. The first-order chi connectivity index (χ1) is 14.0. The molecule has 0 bridgehead atoms. The van der Waals surface area contributed by atoms with Crippen molar-refractivity contribution in [3.63, 3.8) is 0 Å². The van der Waals surface area contributed by atoms with Crippen molar-refractivity contribution >= 4 is 57.2 Å². The Morgan fingerprint density at radius 1 is 1.28 bits per heavy atom. The Hall–Kier alpha value is -1.96. The molecule has 1 aromatic carbocycles. The molecule has 0 saturated carbocycles. The summed E-state index contributed by atoms with van der Waals surface area (Å²) in [5.41, 5.74) is 2.19. The number of aromatic nitrogens is 4. The molecule has 4 N–H and O–H groups in total. The summed E-state index contributed by atoms with van der Waals surface area (Å²) in [5.74, 6) is 0.247. The van der Waals surface area contributed by atoms with Gasteiger partial charge in [0.05, 0.1) is 6.33 Å². The van der Waals surface area contributed by atoms with E-state index in [1.54, 1.807) is 10.9 Å². The van der Waals surface area contributed by atoms with Gasteiger partial charge in [-0.3, -0.25) is 9.36 Å². The number of hydrogen-bond acceptors (Lipinski definition) is 8. The largest absolute Gasteiger partial charge is 0.389 e. The minimum atomic E-state index is -1.18. The van der Waals surface area contributed by atoms with Gasteiger partial charge in [-0.25, -0.2) is 15.0 Å². The van der Waals surface area contributed by atoms with Crippen LogP contribution in [0.15, 0.2) is 36.9 Å². The van der Waals surface area contributed by atoms with Gasteiger partial charge in [-0.1, -0.05) is 12.1 Å². The molecule has 4 rings (SSSR count). The van der Waals surface area contributed by atoms with Gasteiger partial charge in [0.15, 0.2) is 11.5 Å². The first kappa shape index (κ1) is 20.3. The maximum atomic E-state index is 12.0. The fraction of sp³-hybridized carbons (Fsp3) is 0.333. The Kier molecular flexibility index (Phi) is 5.90. The number of rotatable bonds is 5. The predicted molar refractivity (Wildman–Crippen MR) is 118 cm³/mol. The van der Waals surface area contributed by atoms with Crippen LogP contribution in [0.4, 0.5) is 5.82 Å².